The summed E-state index contributed by atoms with van der Waals surface area (Å²) in [4.78, 5) is 19.2. The summed E-state index contributed by atoms with van der Waals surface area (Å²) in [7, 11) is 5.14. The molecule has 6 nitrogen and oxygen atoms in total. The van der Waals surface area contributed by atoms with E-state index in [1.165, 1.54) is 21.1 Å². The van der Waals surface area contributed by atoms with Gasteiger partial charge in [0.2, 0.25) is 5.13 Å². The second-order valence-electron chi connectivity index (χ2n) is 5.70. The van der Waals surface area contributed by atoms with Gasteiger partial charge in [0, 0.05) is 32.6 Å². The van der Waals surface area contributed by atoms with Crippen LogP contribution in [-0.4, -0.2) is 53.0 Å². The highest BCUT2D eigenvalue weighted by Crippen LogP contribution is 2.28. The predicted octanol–water partition coefficient (Wildman–Crippen LogP) is 4.21. The van der Waals surface area contributed by atoms with Crippen LogP contribution < -0.4 is 4.90 Å². The van der Waals surface area contributed by atoms with Crippen molar-refractivity contribution in [1.29, 1.82) is 0 Å². The van der Waals surface area contributed by atoms with E-state index in [1.54, 1.807) is 39.0 Å². The molecule has 0 aromatic carbocycles. The maximum atomic E-state index is 11.9. The number of aromatic nitrogens is 3. The number of nitrogens with zero attached hydrogens (tertiary/aromatic N) is 5. The summed E-state index contributed by atoms with van der Waals surface area (Å²) in [6, 6.07) is 5.63. The molecule has 2 amide bonds. The molecule has 0 fully saturated rings. The fraction of sp³-hybridized carbons (Fsp3) is 0.500. The van der Waals surface area contributed by atoms with Gasteiger partial charge >= 0.3 is 6.03 Å². The van der Waals surface area contributed by atoms with Crippen LogP contribution in [0.25, 0.3) is 0 Å². The van der Waals surface area contributed by atoms with Crippen molar-refractivity contribution in [2.24, 2.45) is 0 Å². The molecule has 0 saturated carbocycles. The number of urea groups is 1. The number of amides is 2. The lowest BCUT2D eigenvalue weighted by Gasteiger charge is -2.18. The van der Waals surface area contributed by atoms with E-state index < -0.39 is 0 Å². The molecular weight excluding hydrogens is 378 g/mol. The Hall–Kier alpha value is -1.38. The summed E-state index contributed by atoms with van der Waals surface area (Å²) in [6.45, 7) is 0. The Morgan fingerprint density at radius 2 is 2.00 bits per heavy atom. The van der Waals surface area contributed by atoms with E-state index in [9.17, 15) is 4.79 Å². The van der Waals surface area contributed by atoms with Gasteiger partial charge in [0.15, 0.2) is 4.34 Å². The molecule has 2 rings (SSSR count). The van der Waals surface area contributed by atoms with Crippen LogP contribution in [0.4, 0.5) is 9.93 Å². The number of pyridine rings is 1. The Labute approximate surface area is 161 Å². The van der Waals surface area contributed by atoms with Gasteiger partial charge in [-0.15, -0.1) is 10.2 Å². The number of carbonyl (C=O) groups excluding carboxylic acids is 1. The summed E-state index contributed by atoms with van der Waals surface area (Å²) in [5, 5.41) is 9.41. The minimum Gasteiger partial charge on any atom is -0.330 e. The van der Waals surface area contributed by atoms with Crippen LogP contribution in [0.15, 0.2) is 22.5 Å². The topological polar surface area (TPSA) is 62.2 Å². The van der Waals surface area contributed by atoms with E-state index in [1.807, 2.05) is 12.1 Å². The van der Waals surface area contributed by atoms with Gasteiger partial charge in [-0.05, 0) is 31.4 Å². The van der Waals surface area contributed by atoms with E-state index >= 15 is 0 Å². The molecule has 0 aliphatic rings. The first-order valence-corrected chi connectivity index (χ1v) is 10.2. The molecule has 2 aromatic heterocycles. The van der Waals surface area contributed by atoms with Crippen LogP contribution in [0.1, 0.15) is 25.0 Å². The SMILES string of the molecule is CN(C)C(=O)N(C)c1nnc(SCCCCCc2cccc(Cl)n2)s1. The van der Waals surface area contributed by atoms with Gasteiger partial charge in [0.05, 0.1) is 0 Å². The van der Waals surface area contributed by atoms with Crippen LogP contribution in [0.2, 0.25) is 5.15 Å². The Balaban J connectivity index is 1.66. The Morgan fingerprint density at radius 1 is 1.20 bits per heavy atom. The molecule has 0 aliphatic carbocycles. The number of anilines is 1. The highest BCUT2D eigenvalue weighted by Gasteiger charge is 2.17. The molecule has 0 atom stereocenters. The average molecular weight is 400 g/mol. The summed E-state index contributed by atoms with van der Waals surface area (Å²) in [5.74, 6) is 0.989. The number of aryl methyl sites for hydroxylation is 1. The fourth-order valence-electron chi connectivity index (χ4n) is 2.11. The Kier molecular flexibility index (Phi) is 7.92. The van der Waals surface area contributed by atoms with Crippen molar-refractivity contribution in [3.8, 4) is 0 Å². The monoisotopic (exact) mass is 399 g/mol. The van der Waals surface area contributed by atoms with Crippen molar-refractivity contribution in [2.75, 3.05) is 31.8 Å². The van der Waals surface area contributed by atoms with Crippen molar-refractivity contribution < 1.29 is 4.79 Å². The zero-order chi connectivity index (χ0) is 18.2. The average Bonchev–Trinajstić information content (AvgIpc) is 3.05. The lowest BCUT2D eigenvalue weighted by molar-refractivity contribution is 0.225. The van der Waals surface area contributed by atoms with E-state index in [0.29, 0.717) is 10.3 Å². The van der Waals surface area contributed by atoms with Gasteiger partial charge in [0.1, 0.15) is 5.15 Å². The molecule has 0 spiro atoms. The van der Waals surface area contributed by atoms with Gasteiger partial charge in [-0.2, -0.15) is 0 Å². The number of rotatable bonds is 8. The molecule has 25 heavy (non-hydrogen) atoms. The number of unbranched alkanes of at least 4 members (excludes halogenated alkanes) is 2. The third kappa shape index (κ3) is 6.45. The number of hydrogen-bond donors (Lipinski definition) is 0. The van der Waals surface area contributed by atoms with E-state index in [2.05, 4.69) is 15.2 Å². The zero-order valence-corrected chi connectivity index (χ0v) is 17.0. The largest absolute Gasteiger partial charge is 0.330 e. The number of halogens is 1. The van der Waals surface area contributed by atoms with Crippen LogP contribution in [0.3, 0.4) is 0 Å². The van der Waals surface area contributed by atoms with Crippen molar-refractivity contribution >= 4 is 45.9 Å². The van der Waals surface area contributed by atoms with Crippen LogP contribution in [0.5, 0.6) is 0 Å². The zero-order valence-electron chi connectivity index (χ0n) is 14.6. The molecule has 0 unspecified atom stereocenters. The maximum Gasteiger partial charge on any atom is 0.325 e. The van der Waals surface area contributed by atoms with E-state index in [-0.39, 0.29) is 6.03 Å². The highest BCUT2D eigenvalue weighted by atomic mass is 35.5. The van der Waals surface area contributed by atoms with Gasteiger partial charge in [-0.1, -0.05) is 47.2 Å². The van der Waals surface area contributed by atoms with Gasteiger partial charge in [0.25, 0.3) is 0 Å². The molecule has 0 aliphatic heterocycles. The minimum atomic E-state index is -0.109. The first-order valence-electron chi connectivity index (χ1n) is 8.00. The lowest BCUT2D eigenvalue weighted by atomic mass is 10.1. The van der Waals surface area contributed by atoms with Crippen molar-refractivity contribution in [3.63, 3.8) is 0 Å². The van der Waals surface area contributed by atoms with Crippen LogP contribution >= 0.6 is 34.7 Å². The minimum absolute atomic E-state index is 0.109. The normalized spacial score (nSPS) is 10.7. The predicted molar refractivity (Wildman–Crippen MR) is 105 cm³/mol. The maximum absolute atomic E-state index is 11.9. The van der Waals surface area contributed by atoms with Gasteiger partial charge < -0.3 is 4.90 Å². The van der Waals surface area contributed by atoms with Crippen molar-refractivity contribution in [2.45, 2.75) is 30.0 Å². The molecule has 9 heteroatoms. The summed E-state index contributed by atoms with van der Waals surface area (Å²) in [6.07, 6.45) is 4.28. The first-order chi connectivity index (χ1) is 12.0. The Morgan fingerprint density at radius 3 is 2.72 bits per heavy atom. The number of hydrogen-bond acceptors (Lipinski definition) is 6. The molecule has 2 aromatic rings. The van der Waals surface area contributed by atoms with Gasteiger partial charge in [-0.25, -0.2) is 9.78 Å². The first kappa shape index (κ1) is 19.9. The lowest BCUT2D eigenvalue weighted by Crippen LogP contribution is -2.36. The standard InChI is InChI=1S/C16H22ClN5OS2/c1-21(2)16(23)22(3)14-19-20-15(25-14)24-11-6-4-5-8-12-9-7-10-13(17)18-12/h7,9-10H,4-6,8,11H2,1-3H3. The Bertz CT molecular complexity index is 695. The van der Waals surface area contributed by atoms with Crippen LogP contribution in [0, 0.1) is 0 Å². The molecule has 0 saturated heterocycles. The third-order valence-electron chi connectivity index (χ3n) is 3.43. The van der Waals surface area contributed by atoms with Crippen LogP contribution in [-0.2, 0) is 6.42 Å². The summed E-state index contributed by atoms with van der Waals surface area (Å²) < 4.78 is 0.893. The quantitative estimate of drug-likeness (QED) is 0.288. The van der Waals surface area contributed by atoms with Crippen molar-refractivity contribution in [1.82, 2.24) is 20.1 Å². The molecule has 0 N–H and O–H groups in total. The number of carbonyl (C=O) groups is 1. The summed E-state index contributed by atoms with van der Waals surface area (Å²) >= 11 is 9.01. The highest BCUT2D eigenvalue weighted by molar-refractivity contribution is 8.01. The molecule has 0 radical (unpaired) electrons. The third-order valence-corrected chi connectivity index (χ3v) is 5.86. The van der Waals surface area contributed by atoms with E-state index in [0.717, 1.165) is 41.5 Å². The smallest absolute Gasteiger partial charge is 0.325 e. The van der Waals surface area contributed by atoms with E-state index in [4.69, 9.17) is 11.6 Å². The fourth-order valence-corrected chi connectivity index (χ4v) is 4.16. The molecule has 0 bridgehead atoms. The van der Waals surface area contributed by atoms with Gasteiger partial charge in [-0.3, -0.25) is 4.90 Å². The second kappa shape index (κ2) is 9.94. The molecule has 136 valence electrons. The summed E-state index contributed by atoms with van der Waals surface area (Å²) in [5.41, 5.74) is 1.04. The molecule has 2 heterocycles. The molecular formula is C16H22ClN5OS2. The number of thioether (sulfide) groups is 1. The van der Waals surface area contributed by atoms with Crippen molar-refractivity contribution in [3.05, 3.63) is 29.0 Å². The second-order valence-corrected chi connectivity index (χ2v) is 8.38.